The molecule has 2 aromatic rings. The van der Waals surface area contributed by atoms with Crippen LogP contribution < -0.4 is 20.1 Å². The Morgan fingerprint density at radius 1 is 1.19 bits per heavy atom. The monoisotopic (exact) mass is 408 g/mol. The fourth-order valence-corrected chi connectivity index (χ4v) is 2.72. The van der Waals surface area contributed by atoms with Crippen LogP contribution in [-0.2, 0) is 4.74 Å². The van der Waals surface area contributed by atoms with Crippen LogP contribution in [0.5, 0.6) is 11.5 Å². The molecule has 144 valence electrons. The number of esters is 1. The molecule has 0 spiro atoms. The van der Waals surface area contributed by atoms with E-state index in [1.165, 1.54) is 7.11 Å². The molecular weight excluding hydrogens is 388 g/mol. The summed E-state index contributed by atoms with van der Waals surface area (Å²) in [7, 11) is 2.91. The van der Waals surface area contributed by atoms with Crippen molar-refractivity contribution in [3.05, 3.63) is 53.1 Å². The van der Waals surface area contributed by atoms with Gasteiger partial charge in [0.15, 0.2) is 16.6 Å². The molecule has 0 aliphatic carbocycles. The Hall–Kier alpha value is -2.51. The lowest BCUT2D eigenvalue weighted by Crippen LogP contribution is -2.39. The first-order valence-electron chi connectivity index (χ1n) is 8.15. The number of halogens is 1. The van der Waals surface area contributed by atoms with Crippen LogP contribution >= 0.6 is 23.8 Å². The number of benzene rings is 2. The summed E-state index contributed by atoms with van der Waals surface area (Å²) in [6.45, 7) is 2.30. The van der Waals surface area contributed by atoms with E-state index in [-0.39, 0.29) is 6.04 Å². The molecule has 8 heteroatoms. The van der Waals surface area contributed by atoms with Gasteiger partial charge in [0.2, 0.25) is 0 Å². The van der Waals surface area contributed by atoms with Gasteiger partial charge >= 0.3 is 5.97 Å². The number of carbonyl (C=O) groups excluding carboxylic acids is 1. The molecule has 0 amide bonds. The van der Waals surface area contributed by atoms with Crippen molar-refractivity contribution in [2.24, 2.45) is 0 Å². The van der Waals surface area contributed by atoms with E-state index in [1.807, 2.05) is 31.2 Å². The normalized spacial score (nSPS) is 11.3. The number of anilines is 1. The molecule has 0 aliphatic rings. The topological polar surface area (TPSA) is 68.8 Å². The molecule has 2 aromatic carbocycles. The lowest BCUT2D eigenvalue weighted by molar-refractivity contribution is 0.0601. The number of ether oxygens (including phenoxy) is 3. The summed E-state index contributed by atoms with van der Waals surface area (Å²) in [4.78, 5) is 11.6. The lowest BCUT2D eigenvalue weighted by atomic mass is 10.2. The lowest BCUT2D eigenvalue weighted by Gasteiger charge is -2.19. The molecule has 0 aromatic heterocycles. The third-order valence-electron chi connectivity index (χ3n) is 3.57. The maximum absolute atomic E-state index is 11.6. The first-order valence-corrected chi connectivity index (χ1v) is 8.94. The van der Waals surface area contributed by atoms with E-state index < -0.39 is 5.97 Å². The van der Waals surface area contributed by atoms with E-state index in [4.69, 9.17) is 38.0 Å². The highest BCUT2D eigenvalue weighted by Crippen LogP contribution is 2.26. The molecule has 27 heavy (non-hydrogen) atoms. The summed E-state index contributed by atoms with van der Waals surface area (Å²) < 4.78 is 15.7. The quantitative estimate of drug-likeness (QED) is 0.532. The zero-order valence-corrected chi connectivity index (χ0v) is 16.8. The fourth-order valence-electron chi connectivity index (χ4n) is 2.24. The van der Waals surface area contributed by atoms with Gasteiger partial charge < -0.3 is 24.8 Å². The maximum Gasteiger partial charge on any atom is 0.337 e. The summed E-state index contributed by atoms with van der Waals surface area (Å²) in [6.07, 6.45) is 0. The number of nitrogens with one attached hydrogen (secondary N) is 2. The number of carbonyl (C=O) groups is 1. The van der Waals surface area contributed by atoms with Crippen LogP contribution in [0.15, 0.2) is 42.5 Å². The van der Waals surface area contributed by atoms with Crippen molar-refractivity contribution in [1.29, 1.82) is 0 Å². The van der Waals surface area contributed by atoms with Gasteiger partial charge in [-0.25, -0.2) is 4.79 Å². The number of methoxy groups -OCH3 is 2. The second kappa shape index (κ2) is 9.99. The molecular formula is C19H21ClN2O4S. The average Bonchev–Trinajstić information content (AvgIpc) is 2.67. The van der Waals surface area contributed by atoms with Crippen molar-refractivity contribution in [3.63, 3.8) is 0 Å². The van der Waals surface area contributed by atoms with Crippen molar-refractivity contribution in [2.75, 3.05) is 26.1 Å². The van der Waals surface area contributed by atoms with E-state index in [0.29, 0.717) is 39.5 Å². The van der Waals surface area contributed by atoms with E-state index in [0.717, 1.165) is 0 Å². The van der Waals surface area contributed by atoms with Crippen LogP contribution in [0.2, 0.25) is 5.02 Å². The zero-order chi connectivity index (χ0) is 19.8. The van der Waals surface area contributed by atoms with E-state index in [1.54, 1.807) is 25.3 Å². The number of rotatable bonds is 7. The van der Waals surface area contributed by atoms with Gasteiger partial charge in [-0.1, -0.05) is 23.7 Å². The highest BCUT2D eigenvalue weighted by molar-refractivity contribution is 7.80. The highest BCUT2D eigenvalue weighted by Gasteiger charge is 2.12. The molecule has 0 unspecified atom stereocenters. The average molecular weight is 409 g/mol. The van der Waals surface area contributed by atoms with Crippen molar-refractivity contribution >= 4 is 40.6 Å². The molecule has 0 aliphatic heterocycles. The predicted molar refractivity (Wildman–Crippen MR) is 110 cm³/mol. The second-order valence-corrected chi connectivity index (χ2v) is 6.46. The molecule has 0 fully saturated rings. The zero-order valence-electron chi connectivity index (χ0n) is 15.2. The molecule has 0 saturated heterocycles. The van der Waals surface area contributed by atoms with Crippen LogP contribution in [0.4, 0.5) is 5.69 Å². The van der Waals surface area contributed by atoms with E-state index >= 15 is 0 Å². The number of thiocarbonyl (C=S) groups is 1. The minimum Gasteiger partial charge on any atom is -0.493 e. The predicted octanol–water partition coefficient (Wildman–Crippen LogP) is 3.89. The Labute approximate surface area is 168 Å². The summed E-state index contributed by atoms with van der Waals surface area (Å²) in [6, 6.07) is 12.1. The standard InChI is InChI=1S/C19H21ClN2O4S/c1-12(11-26-17-7-5-4-6-16(17)24-2)21-19(27)22-15-10-13(18(23)25-3)8-9-14(15)20/h4-10,12H,11H2,1-3H3,(H2,21,22,27)/t12-/m0/s1. The highest BCUT2D eigenvalue weighted by atomic mass is 35.5. The Kier molecular flexibility index (Phi) is 7.69. The van der Waals surface area contributed by atoms with Gasteiger partial charge in [-0.15, -0.1) is 0 Å². The van der Waals surface area contributed by atoms with Gasteiger partial charge in [-0.2, -0.15) is 0 Å². The third kappa shape index (κ3) is 6.01. The van der Waals surface area contributed by atoms with Gasteiger partial charge in [0.25, 0.3) is 0 Å². The Morgan fingerprint density at radius 3 is 2.56 bits per heavy atom. The first-order chi connectivity index (χ1) is 12.9. The summed E-state index contributed by atoms with van der Waals surface area (Å²) in [5.74, 6) is 0.866. The van der Waals surface area contributed by atoms with Gasteiger partial charge in [0, 0.05) is 0 Å². The first kappa shape index (κ1) is 20.8. The van der Waals surface area contributed by atoms with Crippen LogP contribution in [0, 0.1) is 0 Å². The molecule has 2 N–H and O–H groups in total. The van der Waals surface area contributed by atoms with Gasteiger partial charge in [-0.05, 0) is 49.5 Å². The summed E-state index contributed by atoms with van der Waals surface area (Å²) >= 11 is 11.5. The van der Waals surface area contributed by atoms with Crippen LogP contribution in [0.1, 0.15) is 17.3 Å². The van der Waals surface area contributed by atoms with Crippen molar-refractivity contribution in [2.45, 2.75) is 13.0 Å². The molecule has 6 nitrogen and oxygen atoms in total. The second-order valence-electron chi connectivity index (χ2n) is 5.65. The largest absolute Gasteiger partial charge is 0.493 e. The number of hydrogen-bond acceptors (Lipinski definition) is 5. The maximum atomic E-state index is 11.6. The van der Waals surface area contributed by atoms with Crippen molar-refractivity contribution in [1.82, 2.24) is 5.32 Å². The van der Waals surface area contributed by atoms with Crippen LogP contribution in [0.3, 0.4) is 0 Å². The van der Waals surface area contributed by atoms with Gasteiger partial charge in [-0.3, -0.25) is 0 Å². The Bertz CT molecular complexity index is 816. The SMILES string of the molecule is COC(=O)c1ccc(Cl)c(NC(=S)N[C@@H](C)COc2ccccc2OC)c1. The molecule has 0 bridgehead atoms. The third-order valence-corrected chi connectivity index (χ3v) is 4.12. The number of hydrogen-bond donors (Lipinski definition) is 2. The van der Waals surface area contributed by atoms with E-state index in [9.17, 15) is 4.79 Å². The Morgan fingerprint density at radius 2 is 1.89 bits per heavy atom. The minimum absolute atomic E-state index is 0.0857. The van der Waals surface area contributed by atoms with Crippen molar-refractivity contribution in [3.8, 4) is 11.5 Å². The van der Waals surface area contributed by atoms with E-state index in [2.05, 4.69) is 10.6 Å². The fraction of sp³-hybridized carbons (Fsp3) is 0.263. The minimum atomic E-state index is -0.452. The van der Waals surface area contributed by atoms with Crippen LogP contribution in [-0.4, -0.2) is 38.0 Å². The molecule has 0 heterocycles. The smallest absolute Gasteiger partial charge is 0.337 e. The number of para-hydroxylation sites is 2. The van der Waals surface area contributed by atoms with Crippen LogP contribution in [0.25, 0.3) is 0 Å². The summed E-state index contributed by atoms with van der Waals surface area (Å²) in [5.41, 5.74) is 0.884. The molecule has 0 saturated carbocycles. The molecule has 0 radical (unpaired) electrons. The molecule has 2 rings (SSSR count). The summed E-state index contributed by atoms with van der Waals surface area (Å²) in [5, 5.41) is 6.88. The van der Waals surface area contributed by atoms with Gasteiger partial charge in [0.05, 0.1) is 36.5 Å². The van der Waals surface area contributed by atoms with Gasteiger partial charge in [0.1, 0.15) is 6.61 Å². The van der Waals surface area contributed by atoms with Crippen molar-refractivity contribution < 1.29 is 19.0 Å². The molecule has 1 atom stereocenters. The Balaban J connectivity index is 1.92.